The molecular weight excluding hydrogens is 296 g/mol. The number of carboxylic acids is 1. The first-order valence-corrected chi connectivity index (χ1v) is 9.00. The van der Waals surface area contributed by atoms with E-state index < -0.39 is 5.97 Å². The lowest BCUT2D eigenvalue weighted by atomic mass is 10.1. The lowest BCUT2D eigenvalue weighted by Crippen LogP contribution is -1.84. The van der Waals surface area contributed by atoms with Gasteiger partial charge in [-0.3, -0.25) is 0 Å². The summed E-state index contributed by atoms with van der Waals surface area (Å²) in [6.07, 6.45) is 32.7. The van der Waals surface area contributed by atoms with Crippen LogP contribution < -0.4 is 0 Å². The molecule has 0 heterocycles. The van der Waals surface area contributed by atoms with Crippen LogP contribution in [0.1, 0.15) is 58.3 Å². The predicted molar refractivity (Wildman–Crippen MR) is 105 cm³/mol. The van der Waals surface area contributed by atoms with Crippen molar-refractivity contribution < 1.29 is 9.90 Å². The molecule has 0 spiro atoms. The second-order valence-corrected chi connectivity index (χ2v) is 5.58. The van der Waals surface area contributed by atoms with E-state index in [0.717, 1.165) is 12.5 Å². The number of allylic oxidation sites excluding steroid dienone is 11. The van der Waals surface area contributed by atoms with Crippen molar-refractivity contribution in [2.24, 2.45) is 0 Å². The van der Waals surface area contributed by atoms with E-state index in [-0.39, 0.29) is 0 Å². The highest BCUT2D eigenvalue weighted by Crippen LogP contribution is 2.08. The number of unbranched alkanes of at least 4 members (excludes halogenated alkanes) is 7. The molecule has 0 fully saturated rings. The summed E-state index contributed by atoms with van der Waals surface area (Å²) in [5, 5.41) is 8.39. The van der Waals surface area contributed by atoms with Crippen molar-refractivity contribution in [3.63, 3.8) is 0 Å². The molecule has 0 radical (unpaired) electrons. The van der Waals surface area contributed by atoms with Gasteiger partial charge in [-0.1, -0.05) is 112 Å². The molecule has 0 aliphatic carbocycles. The molecule has 0 aromatic rings. The zero-order valence-electron chi connectivity index (χ0n) is 14.9. The number of hydrogen-bond acceptors (Lipinski definition) is 1. The quantitative estimate of drug-likeness (QED) is 0.223. The minimum atomic E-state index is -0.936. The van der Waals surface area contributed by atoms with Crippen LogP contribution in [-0.2, 0) is 4.79 Å². The van der Waals surface area contributed by atoms with Gasteiger partial charge < -0.3 is 5.11 Å². The number of aliphatic carboxylic acids is 1. The van der Waals surface area contributed by atoms with E-state index in [1.54, 1.807) is 12.2 Å². The van der Waals surface area contributed by atoms with Crippen molar-refractivity contribution in [2.45, 2.75) is 58.3 Å². The first-order chi connectivity index (χ1) is 11.8. The predicted octanol–water partition coefficient (Wildman–Crippen LogP) is 6.55. The van der Waals surface area contributed by atoms with Crippen LogP contribution in [0.5, 0.6) is 0 Å². The number of carboxylic acid groups (broad SMARTS) is 1. The van der Waals surface area contributed by atoms with Crippen LogP contribution in [0.2, 0.25) is 0 Å². The number of rotatable bonds is 14. The summed E-state index contributed by atoms with van der Waals surface area (Å²) in [7, 11) is 0. The molecule has 0 atom stereocenters. The van der Waals surface area contributed by atoms with Crippen molar-refractivity contribution >= 4 is 5.97 Å². The van der Waals surface area contributed by atoms with Crippen molar-refractivity contribution in [1.82, 2.24) is 0 Å². The fraction of sp³-hybridized carbons (Fsp3) is 0.409. The smallest absolute Gasteiger partial charge is 0.328 e. The van der Waals surface area contributed by atoms with Gasteiger partial charge in [-0.25, -0.2) is 4.79 Å². The molecule has 0 aliphatic heterocycles. The molecule has 132 valence electrons. The SMILES string of the molecule is CCCCCCCCC\C=C/C=C\C=C/C=C/C=C\C=C\C(=O)O. The Morgan fingerprint density at radius 3 is 1.67 bits per heavy atom. The van der Waals surface area contributed by atoms with E-state index in [9.17, 15) is 4.79 Å². The van der Waals surface area contributed by atoms with E-state index in [0.29, 0.717) is 0 Å². The summed E-state index contributed by atoms with van der Waals surface area (Å²) < 4.78 is 0. The molecule has 2 heteroatoms. The maximum absolute atomic E-state index is 10.2. The maximum Gasteiger partial charge on any atom is 0.328 e. The summed E-state index contributed by atoms with van der Waals surface area (Å²) in [6, 6.07) is 0. The van der Waals surface area contributed by atoms with E-state index in [1.807, 2.05) is 36.5 Å². The minimum absolute atomic E-state index is 0.936. The lowest BCUT2D eigenvalue weighted by Gasteiger charge is -1.98. The number of hydrogen-bond donors (Lipinski definition) is 1. The highest BCUT2D eigenvalue weighted by atomic mass is 16.4. The third kappa shape index (κ3) is 19.9. The van der Waals surface area contributed by atoms with Gasteiger partial charge in [0.05, 0.1) is 0 Å². The fourth-order valence-corrected chi connectivity index (χ4v) is 2.05. The molecule has 0 aliphatic rings. The van der Waals surface area contributed by atoms with Crippen molar-refractivity contribution in [3.05, 3.63) is 72.9 Å². The van der Waals surface area contributed by atoms with E-state index in [1.165, 1.54) is 51.0 Å². The summed E-state index contributed by atoms with van der Waals surface area (Å²) in [4.78, 5) is 10.2. The largest absolute Gasteiger partial charge is 0.478 e. The van der Waals surface area contributed by atoms with E-state index >= 15 is 0 Å². The Kier molecular flexibility index (Phi) is 17.3. The summed E-state index contributed by atoms with van der Waals surface area (Å²) >= 11 is 0. The summed E-state index contributed by atoms with van der Waals surface area (Å²) in [6.45, 7) is 2.25. The first-order valence-electron chi connectivity index (χ1n) is 9.00. The molecule has 0 aromatic heterocycles. The topological polar surface area (TPSA) is 37.3 Å². The molecule has 0 saturated heterocycles. The first kappa shape index (κ1) is 21.9. The van der Waals surface area contributed by atoms with Gasteiger partial charge in [-0.15, -0.1) is 0 Å². The Bertz CT molecular complexity index is 462. The van der Waals surface area contributed by atoms with Gasteiger partial charge in [0.15, 0.2) is 0 Å². The molecule has 0 bridgehead atoms. The molecule has 0 unspecified atom stereocenters. The van der Waals surface area contributed by atoms with E-state index in [4.69, 9.17) is 5.11 Å². The van der Waals surface area contributed by atoms with Crippen LogP contribution in [-0.4, -0.2) is 11.1 Å². The summed E-state index contributed by atoms with van der Waals surface area (Å²) in [5.41, 5.74) is 0. The van der Waals surface area contributed by atoms with Gasteiger partial charge in [-0.2, -0.15) is 0 Å². The second kappa shape index (κ2) is 19.0. The minimum Gasteiger partial charge on any atom is -0.478 e. The normalized spacial score (nSPS) is 13.0. The number of carbonyl (C=O) groups is 1. The van der Waals surface area contributed by atoms with Gasteiger partial charge in [0.25, 0.3) is 0 Å². The Hall–Kier alpha value is -2.09. The van der Waals surface area contributed by atoms with Gasteiger partial charge in [-0.05, 0) is 12.8 Å². The van der Waals surface area contributed by atoms with Gasteiger partial charge in [0.2, 0.25) is 0 Å². The highest BCUT2D eigenvalue weighted by molar-refractivity contribution is 5.80. The molecule has 0 amide bonds. The fourth-order valence-electron chi connectivity index (χ4n) is 2.05. The van der Waals surface area contributed by atoms with E-state index in [2.05, 4.69) is 19.1 Å². The molecule has 0 aromatic carbocycles. The van der Waals surface area contributed by atoms with Gasteiger partial charge in [0, 0.05) is 6.08 Å². The zero-order valence-corrected chi connectivity index (χ0v) is 14.9. The van der Waals surface area contributed by atoms with Crippen molar-refractivity contribution in [1.29, 1.82) is 0 Å². The summed E-state index contributed by atoms with van der Waals surface area (Å²) in [5.74, 6) is -0.936. The maximum atomic E-state index is 10.2. The van der Waals surface area contributed by atoms with Crippen LogP contribution in [0.3, 0.4) is 0 Å². The van der Waals surface area contributed by atoms with Crippen LogP contribution in [0, 0.1) is 0 Å². The average Bonchev–Trinajstić information content (AvgIpc) is 2.56. The molecule has 0 rings (SSSR count). The lowest BCUT2D eigenvalue weighted by molar-refractivity contribution is -0.131. The van der Waals surface area contributed by atoms with Crippen LogP contribution in [0.25, 0.3) is 0 Å². The molecule has 1 N–H and O–H groups in total. The zero-order chi connectivity index (χ0) is 17.7. The van der Waals surface area contributed by atoms with Crippen molar-refractivity contribution in [2.75, 3.05) is 0 Å². The Balaban J connectivity index is 3.57. The highest BCUT2D eigenvalue weighted by Gasteiger charge is 1.88. The molecule has 2 nitrogen and oxygen atoms in total. The van der Waals surface area contributed by atoms with Crippen LogP contribution in [0.4, 0.5) is 0 Å². The Morgan fingerprint density at radius 1 is 0.667 bits per heavy atom. The molecular formula is C22H32O2. The van der Waals surface area contributed by atoms with Crippen LogP contribution in [0.15, 0.2) is 72.9 Å². The average molecular weight is 328 g/mol. The van der Waals surface area contributed by atoms with Gasteiger partial charge >= 0.3 is 5.97 Å². The van der Waals surface area contributed by atoms with Crippen molar-refractivity contribution in [3.8, 4) is 0 Å². The Morgan fingerprint density at radius 2 is 1.12 bits per heavy atom. The molecule has 24 heavy (non-hydrogen) atoms. The standard InChI is InChI=1S/C22H32O2/c1-2-3-4-5-6-7-8-9-10-11-12-13-14-15-16-17-18-19-20-21-22(23)24/h10-21H,2-9H2,1H3,(H,23,24)/b11-10-,13-12-,15-14-,17-16+,19-18-,21-20+. The third-order valence-electron chi connectivity index (χ3n) is 3.35. The second-order valence-electron chi connectivity index (χ2n) is 5.58. The molecule has 0 saturated carbocycles. The third-order valence-corrected chi connectivity index (χ3v) is 3.35. The monoisotopic (exact) mass is 328 g/mol. The van der Waals surface area contributed by atoms with Gasteiger partial charge in [0.1, 0.15) is 0 Å². The Labute approximate surface area is 147 Å². The van der Waals surface area contributed by atoms with Crippen LogP contribution >= 0.6 is 0 Å².